The summed E-state index contributed by atoms with van der Waals surface area (Å²) in [5, 5.41) is 9.25. The highest BCUT2D eigenvalue weighted by atomic mass is 35.5. The Morgan fingerprint density at radius 2 is 2.10 bits per heavy atom. The molecule has 164 valence electrons. The number of rotatable bonds is 5. The summed E-state index contributed by atoms with van der Waals surface area (Å²) >= 11 is 6.28. The molecule has 0 saturated heterocycles. The highest BCUT2D eigenvalue weighted by Crippen LogP contribution is 2.46. The van der Waals surface area contributed by atoms with Crippen molar-refractivity contribution in [3.63, 3.8) is 0 Å². The summed E-state index contributed by atoms with van der Waals surface area (Å²) in [6, 6.07) is 7.42. The lowest BCUT2D eigenvalue weighted by atomic mass is 10.0. The molecule has 1 aliphatic heterocycles. The number of amides is 1. The molecule has 1 aliphatic rings. The summed E-state index contributed by atoms with van der Waals surface area (Å²) in [7, 11) is 1.54. The molecule has 0 bridgehead atoms. The molecule has 2 aromatic heterocycles. The molecule has 0 spiro atoms. The molecule has 1 aromatic carbocycles. The predicted molar refractivity (Wildman–Crippen MR) is 106 cm³/mol. The van der Waals surface area contributed by atoms with E-state index in [2.05, 4.69) is 15.7 Å². The summed E-state index contributed by atoms with van der Waals surface area (Å²) in [6.45, 7) is 0.145. The van der Waals surface area contributed by atoms with Crippen LogP contribution in [0.5, 0.6) is 5.75 Å². The van der Waals surface area contributed by atoms with E-state index in [1.165, 1.54) is 13.4 Å². The lowest BCUT2D eigenvalue weighted by Gasteiger charge is -2.32. The smallest absolute Gasteiger partial charge is 0.410 e. The molecule has 4 rings (SSSR count). The van der Waals surface area contributed by atoms with Gasteiger partial charge in [-0.15, -0.1) is 0 Å². The van der Waals surface area contributed by atoms with Crippen LogP contribution in [0.25, 0.3) is 0 Å². The van der Waals surface area contributed by atoms with E-state index < -0.39 is 24.2 Å². The van der Waals surface area contributed by atoms with Crippen LogP contribution in [0.3, 0.4) is 0 Å². The van der Waals surface area contributed by atoms with Gasteiger partial charge in [0.15, 0.2) is 11.7 Å². The van der Waals surface area contributed by atoms with E-state index in [0.29, 0.717) is 11.5 Å². The number of ether oxygens (including phenoxy) is 1. The Morgan fingerprint density at radius 1 is 1.35 bits per heavy atom. The van der Waals surface area contributed by atoms with Crippen LogP contribution < -0.4 is 15.4 Å². The number of methoxy groups -OCH3 is 1. The van der Waals surface area contributed by atoms with Crippen LogP contribution in [0.2, 0.25) is 5.02 Å². The molecule has 0 unspecified atom stereocenters. The minimum Gasteiger partial charge on any atom is -0.497 e. The second-order valence-electron chi connectivity index (χ2n) is 6.99. The molecule has 0 radical (unpaired) electrons. The standard InChI is InChI=1S/C20H18ClF3N4O3/c1-30-12-6-4-11(5-7-12)10-25-19(29)17-16(21)18-26-13(14-3-2-8-31-14)9-15(20(22,23)24)28(18)27-17/h2-8,13,15,26H,9-10H2,1H3,(H,25,29)/t13-,15+/m0/s1. The average Bonchev–Trinajstić information content (AvgIpc) is 3.40. The SMILES string of the molecule is COc1ccc(CNC(=O)c2nn3c(c2Cl)N[C@H](c2ccco2)C[C@@H]3C(F)(F)F)cc1. The molecule has 2 N–H and O–H groups in total. The van der Waals surface area contributed by atoms with E-state index in [-0.39, 0.29) is 29.5 Å². The van der Waals surface area contributed by atoms with Gasteiger partial charge in [-0.25, -0.2) is 4.68 Å². The van der Waals surface area contributed by atoms with E-state index in [0.717, 1.165) is 10.2 Å². The number of hydrogen-bond acceptors (Lipinski definition) is 5. The number of nitrogens with zero attached hydrogens (tertiary/aromatic N) is 2. The summed E-state index contributed by atoms with van der Waals surface area (Å²) in [5.74, 6) is 0.241. The van der Waals surface area contributed by atoms with Gasteiger partial charge in [0.2, 0.25) is 0 Å². The van der Waals surface area contributed by atoms with E-state index in [1.807, 2.05) is 0 Å². The van der Waals surface area contributed by atoms with Gasteiger partial charge in [-0.05, 0) is 29.8 Å². The van der Waals surface area contributed by atoms with Crippen molar-refractivity contribution in [2.24, 2.45) is 0 Å². The van der Waals surface area contributed by atoms with Gasteiger partial charge in [-0.3, -0.25) is 4.79 Å². The largest absolute Gasteiger partial charge is 0.497 e. The molecule has 1 amide bonds. The first-order chi connectivity index (χ1) is 14.8. The fraction of sp³-hybridized carbons (Fsp3) is 0.300. The third-order valence-electron chi connectivity index (χ3n) is 5.01. The van der Waals surface area contributed by atoms with Crippen molar-refractivity contribution in [2.45, 2.75) is 31.2 Å². The number of anilines is 1. The Bertz CT molecular complexity index is 1060. The van der Waals surface area contributed by atoms with Gasteiger partial charge in [0.05, 0.1) is 19.4 Å². The van der Waals surface area contributed by atoms with Gasteiger partial charge in [-0.1, -0.05) is 23.7 Å². The quantitative estimate of drug-likeness (QED) is 0.582. The Kier molecular flexibility index (Phi) is 5.57. The molecular formula is C20H18ClF3N4O3. The van der Waals surface area contributed by atoms with E-state index in [1.54, 1.807) is 36.4 Å². The zero-order valence-electron chi connectivity index (χ0n) is 16.2. The lowest BCUT2D eigenvalue weighted by molar-refractivity contribution is -0.174. The van der Waals surface area contributed by atoms with Crippen LogP contribution in [-0.4, -0.2) is 29.0 Å². The van der Waals surface area contributed by atoms with Crippen molar-refractivity contribution in [3.05, 3.63) is 64.7 Å². The molecule has 7 nitrogen and oxygen atoms in total. The number of alkyl halides is 3. The third kappa shape index (κ3) is 4.20. The van der Waals surface area contributed by atoms with Crippen LogP contribution in [0.15, 0.2) is 47.1 Å². The van der Waals surface area contributed by atoms with E-state index >= 15 is 0 Å². The van der Waals surface area contributed by atoms with Crippen molar-refractivity contribution in [3.8, 4) is 5.75 Å². The monoisotopic (exact) mass is 454 g/mol. The Balaban J connectivity index is 1.58. The number of furan rings is 1. The van der Waals surface area contributed by atoms with Crippen LogP contribution >= 0.6 is 11.6 Å². The molecule has 2 atom stereocenters. The Morgan fingerprint density at radius 3 is 2.71 bits per heavy atom. The number of halogens is 4. The maximum absolute atomic E-state index is 13.7. The van der Waals surface area contributed by atoms with Crippen molar-refractivity contribution in [2.75, 3.05) is 12.4 Å². The Labute approximate surface area is 180 Å². The fourth-order valence-electron chi connectivity index (χ4n) is 3.42. The number of aromatic nitrogens is 2. The van der Waals surface area contributed by atoms with Crippen LogP contribution in [-0.2, 0) is 6.54 Å². The van der Waals surface area contributed by atoms with Crippen molar-refractivity contribution in [1.29, 1.82) is 0 Å². The molecular weight excluding hydrogens is 437 g/mol. The highest BCUT2D eigenvalue weighted by molar-refractivity contribution is 6.36. The minimum atomic E-state index is -4.59. The predicted octanol–water partition coefficient (Wildman–Crippen LogP) is 4.73. The van der Waals surface area contributed by atoms with Crippen LogP contribution in [0, 0.1) is 0 Å². The normalized spacial score (nSPS) is 18.2. The number of nitrogens with one attached hydrogen (secondary N) is 2. The summed E-state index contributed by atoms with van der Waals surface area (Å²) < 4.78 is 52.3. The zero-order chi connectivity index (χ0) is 22.2. The second-order valence-corrected chi connectivity index (χ2v) is 7.37. The summed E-state index contributed by atoms with van der Waals surface area (Å²) in [5.41, 5.74) is 0.491. The Hall–Kier alpha value is -3.14. The first-order valence-electron chi connectivity index (χ1n) is 9.33. The van der Waals surface area contributed by atoms with Crippen LogP contribution in [0.1, 0.15) is 40.3 Å². The molecule has 3 aromatic rings. The average molecular weight is 455 g/mol. The number of carbonyl (C=O) groups is 1. The number of fused-ring (bicyclic) bond motifs is 1. The molecule has 3 heterocycles. The van der Waals surface area contributed by atoms with Crippen molar-refractivity contribution < 1.29 is 27.1 Å². The molecule has 0 saturated carbocycles. The van der Waals surface area contributed by atoms with Crippen molar-refractivity contribution in [1.82, 2.24) is 15.1 Å². The second kappa shape index (κ2) is 8.18. The minimum absolute atomic E-state index is 0.0776. The summed E-state index contributed by atoms with van der Waals surface area (Å²) in [6.07, 6.45) is -3.56. The summed E-state index contributed by atoms with van der Waals surface area (Å²) in [4.78, 5) is 12.6. The van der Waals surface area contributed by atoms with Crippen molar-refractivity contribution >= 4 is 23.3 Å². The molecule has 11 heteroatoms. The topological polar surface area (TPSA) is 81.3 Å². The zero-order valence-corrected chi connectivity index (χ0v) is 17.0. The van der Waals surface area contributed by atoms with E-state index in [9.17, 15) is 18.0 Å². The fourth-order valence-corrected chi connectivity index (χ4v) is 3.68. The first kappa shape index (κ1) is 21.1. The highest BCUT2D eigenvalue weighted by Gasteiger charge is 2.48. The van der Waals surface area contributed by atoms with Gasteiger partial charge in [0, 0.05) is 13.0 Å². The van der Waals surface area contributed by atoms with Gasteiger partial charge in [0.1, 0.15) is 22.4 Å². The number of benzene rings is 1. The van der Waals surface area contributed by atoms with Gasteiger partial charge in [0.25, 0.3) is 5.91 Å². The van der Waals surface area contributed by atoms with Gasteiger partial charge < -0.3 is 19.8 Å². The number of carbonyl (C=O) groups excluding carboxylic acids is 1. The van der Waals surface area contributed by atoms with Crippen LogP contribution in [0.4, 0.5) is 19.0 Å². The maximum atomic E-state index is 13.7. The van der Waals surface area contributed by atoms with E-state index in [4.69, 9.17) is 20.8 Å². The maximum Gasteiger partial charge on any atom is 0.410 e. The molecule has 0 aliphatic carbocycles. The lowest BCUT2D eigenvalue weighted by Crippen LogP contribution is -2.35. The molecule has 0 fully saturated rings. The third-order valence-corrected chi connectivity index (χ3v) is 5.37. The first-order valence-corrected chi connectivity index (χ1v) is 9.71. The van der Waals surface area contributed by atoms with Gasteiger partial charge >= 0.3 is 6.18 Å². The van der Waals surface area contributed by atoms with Gasteiger partial charge in [-0.2, -0.15) is 18.3 Å². The molecule has 31 heavy (non-hydrogen) atoms. The number of hydrogen-bond donors (Lipinski definition) is 2.